The average Bonchev–Trinajstić information content (AvgIpc) is 2.71. The van der Waals surface area contributed by atoms with Crippen LogP contribution in [0.25, 0.3) is 11.0 Å². The van der Waals surface area contributed by atoms with Crippen LogP contribution in [0.2, 0.25) is 0 Å². The molecule has 0 radical (unpaired) electrons. The summed E-state index contributed by atoms with van der Waals surface area (Å²) in [6.07, 6.45) is 2.23. The maximum atomic E-state index is 10.8. The van der Waals surface area contributed by atoms with Crippen LogP contribution in [0.1, 0.15) is 18.7 Å². The third-order valence-corrected chi connectivity index (χ3v) is 2.68. The van der Waals surface area contributed by atoms with Gasteiger partial charge in [-0.25, -0.2) is 4.98 Å². The van der Waals surface area contributed by atoms with Gasteiger partial charge in [0.1, 0.15) is 5.82 Å². The molecule has 17 heavy (non-hydrogen) atoms. The van der Waals surface area contributed by atoms with Gasteiger partial charge in [0.15, 0.2) is 0 Å². The Morgan fingerprint density at radius 3 is 2.88 bits per heavy atom. The van der Waals surface area contributed by atoms with Gasteiger partial charge >= 0.3 is 0 Å². The van der Waals surface area contributed by atoms with Crippen molar-refractivity contribution in [3.63, 3.8) is 0 Å². The molecule has 0 aliphatic rings. The number of aromatic nitrogens is 2. The first kappa shape index (κ1) is 11.4. The molecule has 1 amide bonds. The number of carbonyl (C=O) groups excluding carboxylic acids is 1. The Bertz CT molecular complexity index is 524. The van der Waals surface area contributed by atoms with Gasteiger partial charge in [-0.15, -0.1) is 0 Å². The summed E-state index contributed by atoms with van der Waals surface area (Å²) in [6.45, 7) is 3.62. The molecule has 0 saturated heterocycles. The van der Waals surface area contributed by atoms with Crippen molar-refractivity contribution in [3.8, 4) is 0 Å². The Balaban J connectivity index is 1.95. The summed E-state index contributed by atoms with van der Waals surface area (Å²) in [5.74, 6) is 0.512. The molecule has 2 aromatic rings. The van der Waals surface area contributed by atoms with Crippen molar-refractivity contribution in [2.45, 2.75) is 19.3 Å². The third kappa shape index (κ3) is 2.72. The Labute approximate surface area is 99.5 Å². The maximum Gasteiger partial charge on any atom is 0.244 e. The highest BCUT2D eigenvalue weighted by Gasteiger charge is 2.04. The molecule has 1 aromatic heterocycles. The molecule has 0 spiro atoms. The summed E-state index contributed by atoms with van der Waals surface area (Å²) in [6, 6.07) is 7.90. The van der Waals surface area contributed by atoms with E-state index in [1.54, 1.807) is 0 Å². The number of nitrogens with zero attached hydrogens (tertiary/aromatic N) is 1. The molecule has 0 fully saturated rings. The number of aryl methyl sites for hydroxylation is 1. The molecule has 0 unspecified atom stereocenters. The third-order valence-electron chi connectivity index (χ3n) is 2.68. The lowest BCUT2D eigenvalue weighted by Gasteiger charge is -1.99. The van der Waals surface area contributed by atoms with Gasteiger partial charge in [0.2, 0.25) is 5.91 Å². The molecule has 3 N–H and O–H groups in total. The number of primary amides is 1. The number of hydrogen-bond acceptors (Lipinski definition) is 2. The molecule has 1 aromatic carbocycles. The Hall–Kier alpha value is -2.10. The van der Waals surface area contributed by atoms with Gasteiger partial charge in [-0.1, -0.05) is 18.7 Å². The normalized spacial score (nSPS) is 10.6. The number of fused-ring (bicyclic) bond motifs is 1. The summed E-state index contributed by atoms with van der Waals surface area (Å²) in [7, 11) is 0. The number of aromatic amines is 1. The van der Waals surface area contributed by atoms with Crippen molar-refractivity contribution < 1.29 is 4.79 Å². The lowest BCUT2D eigenvalue weighted by Crippen LogP contribution is -2.13. The first-order chi connectivity index (χ1) is 8.16. The summed E-state index contributed by atoms with van der Waals surface area (Å²) in [5.41, 5.74) is 7.59. The zero-order valence-electron chi connectivity index (χ0n) is 9.57. The predicted octanol–water partition coefficient (Wildman–Crippen LogP) is 1.93. The number of para-hydroxylation sites is 2. The van der Waals surface area contributed by atoms with E-state index in [4.69, 9.17) is 5.73 Å². The molecule has 0 aliphatic heterocycles. The fraction of sp³-hybridized carbons (Fsp3) is 0.231. The summed E-state index contributed by atoms with van der Waals surface area (Å²) >= 11 is 0. The highest BCUT2D eigenvalue weighted by Crippen LogP contribution is 2.12. The van der Waals surface area contributed by atoms with Gasteiger partial charge < -0.3 is 10.7 Å². The predicted molar refractivity (Wildman–Crippen MR) is 67.4 cm³/mol. The number of imidazole rings is 1. The molecular formula is C13H15N3O. The Morgan fingerprint density at radius 2 is 2.18 bits per heavy atom. The summed E-state index contributed by atoms with van der Waals surface area (Å²) in [5, 5.41) is 0. The Morgan fingerprint density at radius 1 is 1.41 bits per heavy atom. The van der Waals surface area contributed by atoms with Crippen molar-refractivity contribution >= 4 is 16.9 Å². The van der Waals surface area contributed by atoms with Crippen LogP contribution in [-0.4, -0.2) is 15.9 Å². The molecule has 1 heterocycles. The minimum Gasteiger partial charge on any atom is -0.366 e. The minimum atomic E-state index is -0.422. The van der Waals surface area contributed by atoms with E-state index in [2.05, 4.69) is 16.5 Å². The van der Waals surface area contributed by atoms with Crippen LogP contribution in [0.5, 0.6) is 0 Å². The first-order valence-corrected chi connectivity index (χ1v) is 5.58. The molecule has 2 rings (SSSR count). The number of H-pyrrole nitrogens is 1. The van der Waals surface area contributed by atoms with Crippen molar-refractivity contribution in [2.24, 2.45) is 5.73 Å². The smallest absolute Gasteiger partial charge is 0.244 e. The van der Waals surface area contributed by atoms with Crippen molar-refractivity contribution in [2.75, 3.05) is 0 Å². The number of amides is 1. The summed E-state index contributed by atoms with van der Waals surface area (Å²) < 4.78 is 0. The van der Waals surface area contributed by atoms with Crippen LogP contribution in [0.4, 0.5) is 0 Å². The molecule has 0 saturated carbocycles. The van der Waals surface area contributed by atoms with E-state index < -0.39 is 5.91 Å². The SMILES string of the molecule is C=C(CCCc1nc2ccccc2[nH]1)C(N)=O. The second-order valence-corrected chi connectivity index (χ2v) is 4.02. The summed E-state index contributed by atoms with van der Waals surface area (Å²) in [4.78, 5) is 18.5. The number of nitrogens with one attached hydrogen (secondary N) is 1. The van der Waals surface area contributed by atoms with E-state index >= 15 is 0 Å². The lowest BCUT2D eigenvalue weighted by atomic mass is 10.1. The van der Waals surface area contributed by atoms with Gasteiger partial charge in [0.05, 0.1) is 11.0 Å². The number of rotatable bonds is 5. The number of nitrogens with two attached hydrogens (primary N) is 1. The second kappa shape index (κ2) is 4.82. The fourth-order valence-electron chi connectivity index (χ4n) is 1.72. The molecule has 88 valence electrons. The van der Waals surface area contributed by atoms with E-state index in [9.17, 15) is 4.79 Å². The topological polar surface area (TPSA) is 71.8 Å². The molecule has 0 aliphatic carbocycles. The van der Waals surface area contributed by atoms with Crippen LogP contribution in [0.3, 0.4) is 0 Å². The standard InChI is InChI=1S/C13H15N3O/c1-9(13(14)17)5-4-8-12-15-10-6-2-3-7-11(10)16-12/h2-3,6-7H,1,4-5,8H2,(H2,14,17)(H,15,16). The zero-order valence-corrected chi connectivity index (χ0v) is 9.57. The van der Waals surface area contributed by atoms with Crippen LogP contribution in [0, 0.1) is 0 Å². The van der Waals surface area contributed by atoms with E-state index in [0.717, 1.165) is 29.7 Å². The van der Waals surface area contributed by atoms with Crippen LogP contribution >= 0.6 is 0 Å². The maximum absolute atomic E-state index is 10.8. The van der Waals surface area contributed by atoms with E-state index in [-0.39, 0.29) is 0 Å². The van der Waals surface area contributed by atoms with Gasteiger partial charge in [0, 0.05) is 12.0 Å². The minimum absolute atomic E-state index is 0.422. The van der Waals surface area contributed by atoms with Crippen molar-refractivity contribution in [1.29, 1.82) is 0 Å². The van der Waals surface area contributed by atoms with Gasteiger partial charge in [-0.2, -0.15) is 0 Å². The second-order valence-electron chi connectivity index (χ2n) is 4.02. The lowest BCUT2D eigenvalue weighted by molar-refractivity contribution is -0.114. The molecule has 0 bridgehead atoms. The molecule has 0 atom stereocenters. The van der Waals surface area contributed by atoms with E-state index in [1.807, 2.05) is 24.3 Å². The monoisotopic (exact) mass is 229 g/mol. The highest BCUT2D eigenvalue weighted by molar-refractivity contribution is 5.91. The van der Waals surface area contributed by atoms with E-state index in [0.29, 0.717) is 12.0 Å². The average molecular weight is 229 g/mol. The van der Waals surface area contributed by atoms with Crippen molar-refractivity contribution in [3.05, 3.63) is 42.2 Å². The molecule has 4 heteroatoms. The van der Waals surface area contributed by atoms with Gasteiger partial charge in [-0.05, 0) is 25.0 Å². The fourth-order valence-corrected chi connectivity index (χ4v) is 1.72. The number of benzene rings is 1. The largest absolute Gasteiger partial charge is 0.366 e. The number of hydrogen-bond donors (Lipinski definition) is 2. The van der Waals surface area contributed by atoms with Crippen LogP contribution in [0.15, 0.2) is 36.4 Å². The van der Waals surface area contributed by atoms with E-state index in [1.165, 1.54) is 0 Å². The molecular weight excluding hydrogens is 214 g/mol. The van der Waals surface area contributed by atoms with Crippen LogP contribution < -0.4 is 5.73 Å². The quantitative estimate of drug-likeness (QED) is 0.769. The molecule has 4 nitrogen and oxygen atoms in total. The van der Waals surface area contributed by atoms with Crippen LogP contribution in [-0.2, 0) is 11.2 Å². The van der Waals surface area contributed by atoms with Gasteiger partial charge in [-0.3, -0.25) is 4.79 Å². The number of carbonyl (C=O) groups is 1. The Kier molecular flexibility index (Phi) is 3.23. The zero-order chi connectivity index (χ0) is 12.3. The first-order valence-electron chi connectivity index (χ1n) is 5.58. The van der Waals surface area contributed by atoms with Crippen molar-refractivity contribution in [1.82, 2.24) is 9.97 Å². The highest BCUT2D eigenvalue weighted by atomic mass is 16.1. The van der Waals surface area contributed by atoms with Gasteiger partial charge in [0.25, 0.3) is 0 Å².